The largest absolute Gasteiger partial charge is 0.504 e. The van der Waals surface area contributed by atoms with E-state index in [2.05, 4.69) is 13.8 Å². The van der Waals surface area contributed by atoms with Crippen molar-refractivity contribution in [2.75, 3.05) is 13.7 Å². The summed E-state index contributed by atoms with van der Waals surface area (Å²) in [6.45, 7) is 11.4. The Bertz CT molecular complexity index is 1730. The predicted molar refractivity (Wildman–Crippen MR) is 219 cm³/mol. The molecule has 2 saturated carbocycles. The number of ketones is 1. The molecule has 2 fully saturated rings. The Balaban J connectivity index is 1.47. The second-order valence-corrected chi connectivity index (χ2v) is 18.0. The van der Waals surface area contributed by atoms with Crippen LogP contribution in [0.5, 0.6) is 11.5 Å². The van der Waals surface area contributed by atoms with Gasteiger partial charge in [0.15, 0.2) is 22.9 Å². The van der Waals surface area contributed by atoms with Crippen molar-refractivity contribution < 1.29 is 53.4 Å². The molecule has 0 heterocycles. The maximum absolute atomic E-state index is 13.9. The molecular weight excluding hydrogens is 741 g/mol. The van der Waals surface area contributed by atoms with Crippen molar-refractivity contribution in [3.8, 4) is 11.5 Å². The summed E-state index contributed by atoms with van der Waals surface area (Å²) in [5.74, 6) is -5.10. The maximum Gasteiger partial charge on any atom is 0.310 e. The molecule has 1 aromatic carbocycles. The van der Waals surface area contributed by atoms with Gasteiger partial charge in [0.2, 0.25) is 0 Å². The lowest BCUT2D eigenvalue weighted by Crippen LogP contribution is -2.66. The number of phenolic OH excluding ortho intramolecular Hbond substituents is 1. The number of carbonyl (C=O) groups is 4. The number of Topliss-reactive ketones (excluding diaryl/α,β-unsaturated/α-hetero) is 1. The van der Waals surface area contributed by atoms with E-state index in [9.17, 15) is 34.5 Å². The van der Waals surface area contributed by atoms with Crippen LogP contribution in [0.3, 0.4) is 0 Å². The highest BCUT2D eigenvalue weighted by Crippen LogP contribution is 2.77. The highest BCUT2D eigenvalue weighted by Gasteiger charge is 2.88. The van der Waals surface area contributed by atoms with Gasteiger partial charge in [0, 0.05) is 48.3 Å². The summed E-state index contributed by atoms with van der Waals surface area (Å²) in [6.07, 6.45) is 14.4. The Kier molecular flexibility index (Phi) is 14.6. The summed E-state index contributed by atoms with van der Waals surface area (Å²) in [6, 6.07) is 4.57. The molecule has 0 aromatic heterocycles. The summed E-state index contributed by atoms with van der Waals surface area (Å²) in [7, 11) is 1.41. The molecule has 0 aliphatic heterocycles. The number of rotatable bonds is 21. The Morgan fingerprint density at radius 2 is 1.45 bits per heavy atom. The summed E-state index contributed by atoms with van der Waals surface area (Å²) < 4.78 is 23.9. The molecule has 8 atom stereocenters. The van der Waals surface area contributed by atoms with Crippen molar-refractivity contribution in [2.24, 2.45) is 29.1 Å². The first-order valence-electron chi connectivity index (χ1n) is 21.8. The molecule has 0 spiro atoms. The summed E-state index contributed by atoms with van der Waals surface area (Å²) in [5.41, 5.74) is -4.67. The number of phenols is 1. The van der Waals surface area contributed by atoms with E-state index in [0.29, 0.717) is 29.6 Å². The topological polar surface area (TPSA) is 166 Å². The van der Waals surface area contributed by atoms with Crippen molar-refractivity contribution in [1.82, 2.24) is 0 Å². The predicted octanol–water partition coefficient (Wildman–Crippen LogP) is 8.04. The van der Waals surface area contributed by atoms with Gasteiger partial charge in [-0.15, -0.1) is 0 Å². The summed E-state index contributed by atoms with van der Waals surface area (Å²) in [5, 5.41) is 35.7. The zero-order valence-electron chi connectivity index (χ0n) is 35.9. The summed E-state index contributed by atoms with van der Waals surface area (Å²) in [4.78, 5) is 54.6. The zero-order chi connectivity index (χ0) is 42.5. The lowest BCUT2D eigenvalue weighted by molar-refractivity contribution is -0.229. The van der Waals surface area contributed by atoms with E-state index in [1.165, 1.54) is 13.2 Å². The van der Waals surface area contributed by atoms with Gasteiger partial charge in [-0.25, -0.2) is 0 Å². The first-order valence-corrected chi connectivity index (χ1v) is 21.8. The number of unbranched alkanes of at least 4 members (excludes halogenated alkanes) is 10. The van der Waals surface area contributed by atoms with Crippen LogP contribution >= 0.6 is 0 Å². The van der Waals surface area contributed by atoms with Gasteiger partial charge >= 0.3 is 17.9 Å². The Morgan fingerprint density at radius 3 is 2.07 bits per heavy atom. The number of esters is 3. The average molecular weight is 809 g/mol. The fourth-order valence-corrected chi connectivity index (χ4v) is 10.6. The second kappa shape index (κ2) is 18.7. The number of aromatic hydroxyl groups is 1. The molecule has 4 aliphatic rings. The van der Waals surface area contributed by atoms with Crippen LogP contribution in [0.2, 0.25) is 0 Å². The minimum atomic E-state index is -2.06. The van der Waals surface area contributed by atoms with Crippen LogP contribution in [0.4, 0.5) is 0 Å². The van der Waals surface area contributed by atoms with Gasteiger partial charge in [-0.1, -0.05) is 117 Å². The van der Waals surface area contributed by atoms with E-state index >= 15 is 0 Å². The van der Waals surface area contributed by atoms with Crippen molar-refractivity contribution in [3.05, 3.63) is 47.1 Å². The molecule has 0 radical (unpaired) electrons. The molecule has 11 nitrogen and oxygen atoms in total. The molecule has 0 amide bonds. The minimum Gasteiger partial charge on any atom is -0.504 e. The Hall–Kier alpha value is -3.70. The quantitative estimate of drug-likeness (QED) is 0.0476. The van der Waals surface area contributed by atoms with Gasteiger partial charge in [-0.3, -0.25) is 19.2 Å². The van der Waals surface area contributed by atoms with E-state index < -0.39 is 69.7 Å². The highest BCUT2D eigenvalue weighted by atomic mass is 16.6. The third-order valence-corrected chi connectivity index (χ3v) is 13.8. The number of carbonyl (C=O) groups excluding carboxylic acids is 4. The lowest BCUT2D eigenvalue weighted by atomic mass is 9.59. The van der Waals surface area contributed by atoms with E-state index in [0.717, 1.165) is 64.2 Å². The van der Waals surface area contributed by atoms with Crippen LogP contribution < -0.4 is 4.74 Å². The monoisotopic (exact) mass is 808 g/mol. The number of hydrogen-bond acceptors (Lipinski definition) is 11. The van der Waals surface area contributed by atoms with Crippen molar-refractivity contribution in [1.29, 1.82) is 0 Å². The molecule has 322 valence electrons. The van der Waals surface area contributed by atoms with Gasteiger partial charge in [0.05, 0.1) is 19.1 Å². The first kappa shape index (κ1) is 45.4. The van der Waals surface area contributed by atoms with Crippen molar-refractivity contribution in [3.63, 3.8) is 0 Å². The van der Waals surface area contributed by atoms with Crippen LogP contribution in [-0.4, -0.2) is 75.6 Å². The van der Waals surface area contributed by atoms with Gasteiger partial charge in [0.1, 0.15) is 18.3 Å². The molecule has 0 bridgehead atoms. The standard InChI is InChI=1S/C47H68O11/c1-8-10-12-14-16-18-20-38(49)57-43-31(4)46(54)34(41-44(5,6)47(41,43)58-39(50)21-19-17-15-13-11-9-2)25-33(28-45(53)37(46)24-30(3)42(45)52)29-56-40(51)27-32-22-23-35(48)36(26-32)55-7/h22-26,31,34,37,41,43,48,53-54H,8-21,27-29H2,1-7H3/t31-,34+,37-,41-,43-,45+,46+,47-/m1/s1. The number of fused-ring (bicyclic) bond motifs is 5. The minimum absolute atomic E-state index is 0.0627. The number of benzene rings is 1. The fourth-order valence-electron chi connectivity index (χ4n) is 10.6. The van der Waals surface area contributed by atoms with Gasteiger partial charge in [0.25, 0.3) is 0 Å². The number of hydrogen-bond donors (Lipinski definition) is 3. The lowest BCUT2D eigenvalue weighted by Gasteiger charge is -2.53. The second-order valence-electron chi connectivity index (χ2n) is 18.0. The third-order valence-electron chi connectivity index (χ3n) is 13.8. The van der Waals surface area contributed by atoms with Crippen LogP contribution in [0.1, 0.15) is 143 Å². The smallest absolute Gasteiger partial charge is 0.310 e. The van der Waals surface area contributed by atoms with Crippen molar-refractivity contribution >= 4 is 23.7 Å². The van der Waals surface area contributed by atoms with Crippen LogP contribution in [0, 0.1) is 29.1 Å². The van der Waals surface area contributed by atoms with Crippen LogP contribution in [0.15, 0.2) is 41.5 Å². The van der Waals surface area contributed by atoms with Crippen LogP contribution in [0.25, 0.3) is 0 Å². The summed E-state index contributed by atoms with van der Waals surface area (Å²) >= 11 is 0. The molecule has 0 saturated heterocycles. The van der Waals surface area contributed by atoms with E-state index in [-0.39, 0.29) is 49.8 Å². The third kappa shape index (κ3) is 8.77. The molecule has 11 heteroatoms. The molecule has 5 rings (SSSR count). The van der Waals surface area contributed by atoms with E-state index in [1.54, 1.807) is 32.1 Å². The Morgan fingerprint density at radius 1 is 0.845 bits per heavy atom. The molecular formula is C47H68O11. The Labute approximate surface area is 344 Å². The van der Waals surface area contributed by atoms with Gasteiger partial charge in [-0.05, 0) is 48.6 Å². The molecule has 3 N–H and O–H groups in total. The van der Waals surface area contributed by atoms with Crippen LogP contribution in [-0.2, 0) is 39.8 Å². The van der Waals surface area contributed by atoms with E-state index in [1.807, 2.05) is 19.9 Å². The molecule has 0 unspecified atom stereocenters. The molecule has 1 aromatic rings. The van der Waals surface area contributed by atoms with Gasteiger partial charge < -0.3 is 34.3 Å². The molecule has 58 heavy (non-hydrogen) atoms. The average Bonchev–Trinajstić information content (AvgIpc) is 3.61. The maximum atomic E-state index is 13.9. The highest BCUT2D eigenvalue weighted by molar-refractivity contribution is 6.05. The fraction of sp³-hybridized carbons (Fsp3) is 0.702. The molecule has 4 aliphatic carbocycles. The first-order chi connectivity index (χ1) is 27.5. The van der Waals surface area contributed by atoms with Gasteiger partial charge in [-0.2, -0.15) is 0 Å². The van der Waals surface area contributed by atoms with Crippen molar-refractivity contribution in [2.45, 2.75) is 167 Å². The zero-order valence-corrected chi connectivity index (χ0v) is 35.9. The number of aliphatic hydroxyl groups is 2. The number of methoxy groups -OCH3 is 1. The number of ether oxygens (including phenoxy) is 4. The SMILES string of the molecule is CCCCCCCCC(=O)O[C@@H]1[C@@H](C)[C@]2(O)[C@@H](C=C(COC(=O)Cc3ccc(O)c(OC)c3)C[C@@]3(O)C(=O)C(C)=C[C@@H]23)[C@@H]2C(C)(C)[C@]12OC(=O)CCCCCCCC. The van der Waals surface area contributed by atoms with E-state index in [4.69, 9.17) is 18.9 Å². The normalized spacial score (nSPS) is 30.5.